The maximum atomic E-state index is 12.5. The molecule has 92 valence electrons. The zero-order chi connectivity index (χ0) is 12.0. The van der Waals surface area contributed by atoms with E-state index in [1.54, 1.807) is 10.9 Å². The Morgan fingerprint density at radius 3 is 3.06 bits per heavy atom. The van der Waals surface area contributed by atoms with Crippen LogP contribution in [0.25, 0.3) is 0 Å². The second-order valence-electron chi connectivity index (χ2n) is 4.74. The molecular formula is C12H15BrN2O2. The summed E-state index contributed by atoms with van der Waals surface area (Å²) in [4.78, 5) is 12.5. The summed E-state index contributed by atoms with van der Waals surface area (Å²) in [5.41, 5.74) is 0.702. The fourth-order valence-corrected chi connectivity index (χ4v) is 3.43. The van der Waals surface area contributed by atoms with E-state index in [2.05, 4.69) is 21.0 Å². The van der Waals surface area contributed by atoms with Crippen LogP contribution >= 0.6 is 15.9 Å². The van der Waals surface area contributed by atoms with Gasteiger partial charge in [-0.05, 0) is 42.1 Å². The van der Waals surface area contributed by atoms with Gasteiger partial charge in [-0.1, -0.05) is 0 Å². The SMILES string of the molecule is CCn1ncc(Br)c1C(=O)C1CC2CCC1O2. The summed E-state index contributed by atoms with van der Waals surface area (Å²) in [7, 11) is 0. The first-order chi connectivity index (χ1) is 8.20. The van der Waals surface area contributed by atoms with Gasteiger partial charge in [0.15, 0.2) is 5.78 Å². The summed E-state index contributed by atoms with van der Waals surface area (Å²) in [5.74, 6) is 0.218. The molecule has 3 rings (SSSR count). The lowest BCUT2D eigenvalue weighted by Gasteiger charge is -2.17. The summed E-state index contributed by atoms with van der Waals surface area (Å²) in [6.45, 7) is 2.71. The first-order valence-electron chi connectivity index (χ1n) is 6.11. The number of aromatic nitrogens is 2. The fraction of sp³-hybridized carbons (Fsp3) is 0.667. The monoisotopic (exact) mass is 298 g/mol. The second-order valence-corrected chi connectivity index (χ2v) is 5.59. The molecule has 2 aliphatic rings. The molecule has 5 heteroatoms. The van der Waals surface area contributed by atoms with Gasteiger partial charge in [0, 0.05) is 6.54 Å². The number of nitrogens with zero attached hydrogens (tertiary/aromatic N) is 2. The third-order valence-electron chi connectivity index (χ3n) is 3.77. The smallest absolute Gasteiger partial charge is 0.187 e. The molecule has 3 atom stereocenters. The molecule has 17 heavy (non-hydrogen) atoms. The van der Waals surface area contributed by atoms with E-state index in [0.29, 0.717) is 18.3 Å². The molecule has 2 bridgehead atoms. The average Bonchev–Trinajstić information content (AvgIpc) is 3.01. The number of aryl methyl sites for hydroxylation is 1. The van der Waals surface area contributed by atoms with Crippen LogP contribution in [0, 0.1) is 5.92 Å². The molecule has 0 spiro atoms. The Balaban J connectivity index is 1.89. The molecule has 0 amide bonds. The number of carbonyl (C=O) groups excluding carboxylic acids is 1. The molecule has 4 nitrogen and oxygen atoms in total. The summed E-state index contributed by atoms with van der Waals surface area (Å²) in [6.07, 6.45) is 5.17. The number of halogens is 1. The summed E-state index contributed by atoms with van der Waals surface area (Å²) in [6, 6.07) is 0. The maximum absolute atomic E-state index is 12.5. The second kappa shape index (κ2) is 4.21. The Morgan fingerprint density at radius 1 is 1.65 bits per heavy atom. The van der Waals surface area contributed by atoms with Crippen molar-refractivity contribution in [3.8, 4) is 0 Å². The maximum Gasteiger partial charge on any atom is 0.187 e. The minimum absolute atomic E-state index is 0.0343. The third-order valence-corrected chi connectivity index (χ3v) is 4.35. The molecule has 0 radical (unpaired) electrons. The van der Waals surface area contributed by atoms with Crippen LogP contribution in [0.1, 0.15) is 36.7 Å². The molecule has 0 aromatic carbocycles. The standard InChI is InChI=1S/C12H15BrN2O2/c1-2-15-11(9(13)6-14-15)12(16)8-5-7-3-4-10(8)17-7/h6-8,10H,2-5H2,1H3. The Morgan fingerprint density at radius 2 is 2.47 bits per heavy atom. The fourth-order valence-electron chi connectivity index (χ4n) is 2.94. The lowest BCUT2D eigenvalue weighted by Crippen LogP contribution is -2.27. The van der Waals surface area contributed by atoms with Crippen molar-refractivity contribution in [3.63, 3.8) is 0 Å². The molecule has 0 N–H and O–H groups in total. The Hall–Kier alpha value is -0.680. The average molecular weight is 299 g/mol. The van der Waals surface area contributed by atoms with Gasteiger partial charge in [0.25, 0.3) is 0 Å². The van der Waals surface area contributed by atoms with E-state index in [4.69, 9.17) is 4.74 Å². The Labute approximate surface area is 108 Å². The predicted octanol–water partition coefficient (Wildman–Crippen LogP) is 2.42. The number of ketones is 1. The van der Waals surface area contributed by atoms with E-state index in [0.717, 1.165) is 23.7 Å². The van der Waals surface area contributed by atoms with Gasteiger partial charge < -0.3 is 4.74 Å². The number of fused-ring (bicyclic) bond motifs is 2. The lowest BCUT2D eigenvalue weighted by molar-refractivity contribution is 0.0734. The topological polar surface area (TPSA) is 44.1 Å². The van der Waals surface area contributed by atoms with Gasteiger partial charge in [-0.25, -0.2) is 0 Å². The minimum Gasteiger partial charge on any atom is -0.374 e. The van der Waals surface area contributed by atoms with E-state index in [1.807, 2.05) is 6.92 Å². The summed E-state index contributed by atoms with van der Waals surface area (Å²) < 4.78 is 8.31. The van der Waals surface area contributed by atoms with Crippen molar-refractivity contribution >= 4 is 21.7 Å². The van der Waals surface area contributed by atoms with Crippen molar-refractivity contribution in [3.05, 3.63) is 16.4 Å². The van der Waals surface area contributed by atoms with Crippen molar-refractivity contribution in [1.82, 2.24) is 9.78 Å². The molecule has 0 saturated carbocycles. The van der Waals surface area contributed by atoms with Crippen LogP contribution in [0.3, 0.4) is 0 Å². The number of Topliss-reactive ketones (excluding diaryl/α,β-unsaturated/α-hetero) is 1. The zero-order valence-electron chi connectivity index (χ0n) is 9.73. The molecule has 2 fully saturated rings. The highest BCUT2D eigenvalue weighted by atomic mass is 79.9. The molecular weight excluding hydrogens is 284 g/mol. The van der Waals surface area contributed by atoms with Crippen molar-refractivity contribution < 1.29 is 9.53 Å². The minimum atomic E-state index is 0.0343. The van der Waals surface area contributed by atoms with Crippen molar-refractivity contribution in [2.75, 3.05) is 0 Å². The molecule has 1 aromatic heterocycles. The molecule has 3 heterocycles. The van der Waals surface area contributed by atoms with Gasteiger partial charge in [0.2, 0.25) is 0 Å². The number of hydrogen-bond acceptors (Lipinski definition) is 3. The van der Waals surface area contributed by atoms with E-state index in [9.17, 15) is 4.79 Å². The van der Waals surface area contributed by atoms with E-state index < -0.39 is 0 Å². The highest BCUT2D eigenvalue weighted by Crippen LogP contribution is 2.40. The van der Waals surface area contributed by atoms with E-state index in [1.165, 1.54) is 0 Å². The van der Waals surface area contributed by atoms with Crippen LogP contribution in [0.15, 0.2) is 10.7 Å². The van der Waals surface area contributed by atoms with Crippen LogP contribution < -0.4 is 0 Å². The van der Waals surface area contributed by atoms with Crippen LogP contribution in [0.5, 0.6) is 0 Å². The van der Waals surface area contributed by atoms with Crippen LogP contribution in [0.2, 0.25) is 0 Å². The van der Waals surface area contributed by atoms with Crippen LogP contribution in [0.4, 0.5) is 0 Å². The first kappa shape index (κ1) is 11.4. The first-order valence-corrected chi connectivity index (χ1v) is 6.91. The van der Waals surface area contributed by atoms with E-state index >= 15 is 0 Å². The van der Waals surface area contributed by atoms with Crippen molar-refractivity contribution in [1.29, 1.82) is 0 Å². The van der Waals surface area contributed by atoms with Gasteiger partial charge in [0.1, 0.15) is 5.69 Å². The number of ether oxygens (including phenoxy) is 1. The summed E-state index contributed by atoms with van der Waals surface area (Å²) >= 11 is 3.41. The molecule has 2 aliphatic heterocycles. The quantitative estimate of drug-likeness (QED) is 0.805. The molecule has 3 unspecified atom stereocenters. The number of carbonyl (C=O) groups is 1. The highest BCUT2D eigenvalue weighted by molar-refractivity contribution is 9.10. The van der Waals surface area contributed by atoms with Gasteiger partial charge in [-0.3, -0.25) is 9.48 Å². The van der Waals surface area contributed by atoms with Gasteiger partial charge in [-0.15, -0.1) is 0 Å². The Bertz CT molecular complexity index is 457. The third kappa shape index (κ3) is 1.76. The number of rotatable bonds is 3. The van der Waals surface area contributed by atoms with Crippen LogP contribution in [-0.4, -0.2) is 27.8 Å². The Kier molecular flexibility index (Phi) is 2.83. The molecule has 0 aliphatic carbocycles. The van der Waals surface area contributed by atoms with Gasteiger partial charge >= 0.3 is 0 Å². The molecule has 1 aromatic rings. The van der Waals surface area contributed by atoms with Gasteiger partial charge in [-0.2, -0.15) is 5.10 Å². The van der Waals surface area contributed by atoms with Crippen molar-refractivity contribution in [2.24, 2.45) is 5.92 Å². The van der Waals surface area contributed by atoms with Crippen molar-refractivity contribution in [2.45, 2.75) is 44.9 Å². The normalized spacial score (nSPS) is 31.1. The molecule has 2 saturated heterocycles. The predicted molar refractivity (Wildman–Crippen MR) is 65.9 cm³/mol. The summed E-state index contributed by atoms with van der Waals surface area (Å²) in [5, 5.41) is 4.20. The van der Waals surface area contributed by atoms with Crippen LogP contribution in [-0.2, 0) is 11.3 Å². The lowest BCUT2D eigenvalue weighted by atomic mass is 9.85. The highest BCUT2D eigenvalue weighted by Gasteiger charge is 2.45. The zero-order valence-corrected chi connectivity index (χ0v) is 11.3. The van der Waals surface area contributed by atoms with Gasteiger partial charge in [0.05, 0.1) is 28.8 Å². The van der Waals surface area contributed by atoms with E-state index in [-0.39, 0.29) is 17.8 Å². The largest absolute Gasteiger partial charge is 0.374 e. The number of hydrogen-bond donors (Lipinski definition) is 0.